The van der Waals surface area contributed by atoms with Crippen LogP contribution in [0.4, 0.5) is 9.41 Å². The number of Topliss-reactive ketones (excluding diaryl/α,β-unsaturated/α-hetero) is 2. The second kappa shape index (κ2) is 13.5. The number of halogens is 2. The highest BCUT2D eigenvalue weighted by molar-refractivity contribution is 6.12. The number of ketones is 2. The molecule has 0 saturated carbocycles. The number of carbonyl (C=O) groups is 2. The highest BCUT2D eigenvalue weighted by Gasteiger charge is 2.39. The molecule has 151 valence electrons. The molecule has 6 heteroatoms. The molecule has 2 rings (SSSR count). The first-order valence-corrected chi connectivity index (χ1v) is 9.42. The van der Waals surface area contributed by atoms with Crippen LogP contribution in [-0.4, -0.2) is 26.1 Å². The van der Waals surface area contributed by atoms with Gasteiger partial charge >= 0.3 is 0 Å². The minimum Gasteiger partial charge on any atom is -0.488 e. The molecule has 1 aliphatic rings. The van der Waals surface area contributed by atoms with Crippen LogP contribution in [0.5, 0.6) is 5.75 Å². The first-order valence-electron chi connectivity index (χ1n) is 9.42. The van der Waals surface area contributed by atoms with Gasteiger partial charge in [0.1, 0.15) is 23.6 Å². The quantitative estimate of drug-likeness (QED) is 0.341. The molecule has 2 atom stereocenters. The topological polar surface area (TPSA) is 43.4 Å². The van der Waals surface area contributed by atoms with Gasteiger partial charge in [-0.1, -0.05) is 52.0 Å². The largest absolute Gasteiger partial charge is 0.488 e. The molecule has 0 saturated heterocycles. The third-order valence-electron chi connectivity index (χ3n) is 4.84. The van der Waals surface area contributed by atoms with E-state index >= 15 is 0 Å². The van der Waals surface area contributed by atoms with E-state index in [4.69, 9.17) is 4.74 Å². The summed E-state index contributed by atoms with van der Waals surface area (Å²) >= 11 is 0. The fraction of sp³-hybridized carbons (Fsp3) is 0.619. The van der Waals surface area contributed by atoms with E-state index in [1.165, 1.54) is 26.2 Å². The molecule has 2 unspecified atom stereocenters. The van der Waals surface area contributed by atoms with Gasteiger partial charge in [-0.2, -0.15) is 0 Å². The van der Waals surface area contributed by atoms with Gasteiger partial charge in [-0.3, -0.25) is 19.0 Å². The number of hydrogen-bond donors (Lipinski definition) is 0. The van der Waals surface area contributed by atoms with Crippen molar-refractivity contribution in [2.24, 2.45) is 5.92 Å². The molecular formula is C21H32BF2O3. The van der Waals surface area contributed by atoms with Crippen LogP contribution in [0, 0.1) is 5.92 Å². The average Bonchev–Trinajstić information content (AvgIpc) is 2.57. The lowest BCUT2D eigenvalue weighted by Gasteiger charge is -2.31. The second-order valence-electron chi connectivity index (χ2n) is 6.89. The average molecular weight is 381 g/mol. The SMILES string of the molecule is CCCCCCc1ccc2c(c1)C(=O)C(C(C)=O)C(CCCC)O2.F.F.[B]. The van der Waals surface area contributed by atoms with Crippen molar-refractivity contribution >= 4 is 20.0 Å². The zero-order valence-corrected chi connectivity index (χ0v) is 16.7. The lowest BCUT2D eigenvalue weighted by Crippen LogP contribution is -2.41. The fourth-order valence-electron chi connectivity index (χ4n) is 3.43. The lowest BCUT2D eigenvalue weighted by molar-refractivity contribution is -0.122. The molecule has 0 fully saturated rings. The number of ether oxygens (including phenoxy) is 1. The lowest BCUT2D eigenvalue weighted by atomic mass is 9.83. The van der Waals surface area contributed by atoms with Crippen molar-refractivity contribution in [1.82, 2.24) is 0 Å². The predicted octanol–water partition coefficient (Wildman–Crippen LogP) is 5.07. The van der Waals surface area contributed by atoms with Crippen LogP contribution < -0.4 is 4.74 Å². The molecule has 1 heterocycles. The summed E-state index contributed by atoms with van der Waals surface area (Å²) in [6.45, 7) is 5.81. The molecule has 0 aromatic heterocycles. The molecule has 1 aromatic rings. The van der Waals surface area contributed by atoms with Gasteiger partial charge in [-0.05, 0) is 43.9 Å². The van der Waals surface area contributed by atoms with E-state index in [9.17, 15) is 9.59 Å². The Morgan fingerprint density at radius 2 is 1.70 bits per heavy atom. The molecule has 0 bridgehead atoms. The smallest absolute Gasteiger partial charge is 0.180 e. The number of benzene rings is 1. The highest BCUT2D eigenvalue weighted by atomic mass is 19.0. The number of fused-ring (bicyclic) bond motifs is 1. The maximum atomic E-state index is 12.9. The van der Waals surface area contributed by atoms with E-state index in [1.54, 1.807) is 0 Å². The number of unbranched alkanes of at least 4 members (excludes halogenated alkanes) is 4. The third kappa shape index (κ3) is 7.08. The van der Waals surface area contributed by atoms with Crippen molar-refractivity contribution in [3.05, 3.63) is 29.3 Å². The maximum Gasteiger partial charge on any atom is 0.180 e. The van der Waals surface area contributed by atoms with Crippen molar-refractivity contribution in [2.45, 2.75) is 78.2 Å². The van der Waals surface area contributed by atoms with E-state index in [0.717, 1.165) is 37.7 Å². The van der Waals surface area contributed by atoms with Gasteiger partial charge in [0.25, 0.3) is 0 Å². The Balaban J connectivity index is 0. The minimum atomic E-state index is -0.639. The number of aryl methyl sites for hydroxylation is 1. The van der Waals surface area contributed by atoms with Gasteiger partial charge < -0.3 is 4.74 Å². The van der Waals surface area contributed by atoms with Crippen LogP contribution in [0.25, 0.3) is 0 Å². The number of carbonyl (C=O) groups excluding carboxylic acids is 2. The Morgan fingerprint density at radius 1 is 1.04 bits per heavy atom. The summed E-state index contributed by atoms with van der Waals surface area (Å²) < 4.78 is 6.03. The van der Waals surface area contributed by atoms with E-state index in [-0.39, 0.29) is 35.5 Å². The van der Waals surface area contributed by atoms with Crippen LogP contribution in [0.1, 0.15) is 81.6 Å². The highest BCUT2D eigenvalue weighted by Crippen LogP contribution is 2.34. The van der Waals surface area contributed by atoms with Crippen LogP contribution in [0.2, 0.25) is 0 Å². The van der Waals surface area contributed by atoms with Crippen LogP contribution in [-0.2, 0) is 11.2 Å². The Labute approximate surface area is 163 Å². The summed E-state index contributed by atoms with van der Waals surface area (Å²) in [7, 11) is 0. The summed E-state index contributed by atoms with van der Waals surface area (Å²) in [5.74, 6) is -0.129. The molecule has 1 aliphatic heterocycles. The van der Waals surface area contributed by atoms with E-state index < -0.39 is 5.92 Å². The van der Waals surface area contributed by atoms with Crippen molar-refractivity contribution in [3.63, 3.8) is 0 Å². The molecule has 0 aliphatic carbocycles. The molecule has 27 heavy (non-hydrogen) atoms. The van der Waals surface area contributed by atoms with Gasteiger partial charge in [0, 0.05) is 8.41 Å². The van der Waals surface area contributed by atoms with Crippen LogP contribution in [0.3, 0.4) is 0 Å². The third-order valence-corrected chi connectivity index (χ3v) is 4.84. The Hall–Kier alpha value is -1.72. The van der Waals surface area contributed by atoms with Crippen molar-refractivity contribution < 1.29 is 23.7 Å². The standard InChI is InChI=1S/C21H30O3.B.2FH/c1-4-6-8-9-10-16-12-13-18-17(14-16)21(23)20(15(3)22)19(24-18)11-7-5-2;;;/h12-14,19-20H,4-11H2,1-3H3;;2*1H. The fourth-order valence-corrected chi connectivity index (χ4v) is 3.43. The number of rotatable bonds is 9. The molecular weight excluding hydrogens is 349 g/mol. The molecule has 0 spiro atoms. The predicted molar refractivity (Wildman–Crippen MR) is 107 cm³/mol. The van der Waals surface area contributed by atoms with E-state index in [0.29, 0.717) is 11.3 Å². The first-order chi connectivity index (χ1) is 11.6. The van der Waals surface area contributed by atoms with Gasteiger partial charge in [-0.15, -0.1) is 0 Å². The first kappa shape index (κ1) is 27.5. The zero-order chi connectivity index (χ0) is 17.5. The Morgan fingerprint density at radius 3 is 2.30 bits per heavy atom. The monoisotopic (exact) mass is 381 g/mol. The maximum absolute atomic E-state index is 12.9. The molecule has 0 N–H and O–H groups in total. The summed E-state index contributed by atoms with van der Waals surface area (Å²) in [5, 5.41) is 0. The van der Waals surface area contributed by atoms with E-state index in [2.05, 4.69) is 19.9 Å². The van der Waals surface area contributed by atoms with E-state index in [1.807, 2.05) is 12.1 Å². The summed E-state index contributed by atoms with van der Waals surface area (Å²) in [5.41, 5.74) is 1.76. The number of hydrogen-bond acceptors (Lipinski definition) is 3. The van der Waals surface area contributed by atoms with Gasteiger partial charge in [0.2, 0.25) is 0 Å². The summed E-state index contributed by atoms with van der Waals surface area (Å²) in [6, 6.07) is 5.91. The van der Waals surface area contributed by atoms with Gasteiger partial charge in [0.15, 0.2) is 5.78 Å². The molecule has 0 amide bonds. The summed E-state index contributed by atoms with van der Waals surface area (Å²) in [6.07, 6.45) is 8.24. The van der Waals surface area contributed by atoms with Crippen molar-refractivity contribution in [1.29, 1.82) is 0 Å². The molecule has 1 aromatic carbocycles. The minimum absolute atomic E-state index is 0. The second-order valence-corrected chi connectivity index (χ2v) is 6.89. The normalized spacial score (nSPS) is 17.5. The Kier molecular flexibility index (Phi) is 13.7. The molecule has 3 nitrogen and oxygen atoms in total. The Bertz CT molecular complexity index is 593. The van der Waals surface area contributed by atoms with Crippen LogP contribution in [0.15, 0.2) is 18.2 Å². The van der Waals surface area contributed by atoms with Crippen molar-refractivity contribution in [2.75, 3.05) is 0 Å². The zero-order valence-electron chi connectivity index (χ0n) is 16.7. The summed E-state index contributed by atoms with van der Waals surface area (Å²) in [4.78, 5) is 24.9. The van der Waals surface area contributed by atoms with Crippen LogP contribution >= 0.6 is 0 Å². The van der Waals surface area contributed by atoms with Crippen molar-refractivity contribution in [3.8, 4) is 5.75 Å². The van der Waals surface area contributed by atoms with Gasteiger partial charge in [0.05, 0.1) is 5.56 Å². The van der Waals surface area contributed by atoms with Gasteiger partial charge in [-0.25, -0.2) is 0 Å². The molecule has 3 radical (unpaired) electrons.